The molecule has 1 saturated carbocycles. The number of halogens is 1. The van der Waals surface area contributed by atoms with Gasteiger partial charge in [-0.25, -0.2) is 4.39 Å². The first kappa shape index (κ1) is 9.69. The van der Waals surface area contributed by atoms with Gasteiger partial charge in [0.1, 0.15) is 5.67 Å². The average Bonchev–Trinajstić information content (AvgIpc) is 2.51. The van der Waals surface area contributed by atoms with Gasteiger partial charge in [0.25, 0.3) is 0 Å². The Morgan fingerprint density at radius 2 is 2.14 bits per heavy atom. The maximum absolute atomic E-state index is 14.2. The number of hydrogen-bond donors (Lipinski definition) is 0. The first-order valence-electron chi connectivity index (χ1n) is 5.36. The van der Waals surface area contributed by atoms with Crippen molar-refractivity contribution in [2.75, 3.05) is 0 Å². The van der Waals surface area contributed by atoms with E-state index in [0.29, 0.717) is 19.4 Å². The van der Waals surface area contributed by atoms with Crippen LogP contribution in [0.1, 0.15) is 37.7 Å². The highest BCUT2D eigenvalue weighted by atomic mass is 19.1. The molecule has 2 rings (SSSR count). The van der Waals surface area contributed by atoms with E-state index in [1.54, 1.807) is 10.9 Å². The van der Waals surface area contributed by atoms with E-state index in [1.807, 2.05) is 13.1 Å². The maximum atomic E-state index is 14.2. The lowest BCUT2D eigenvalue weighted by Crippen LogP contribution is -2.31. The Bertz CT molecular complexity index is 300. The zero-order chi connectivity index (χ0) is 10.0. The van der Waals surface area contributed by atoms with Gasteiger partial charge in [-0.3, -0.25) is 4.68 Å². The minimum atomic E-state index is -1.00. The van der Waals surface area contributed by atoms with Crippen molar-refractivity contribution in [1.29, 1.82) is 0 Å². The highest BCUT2D eigenvalue weighted by molar-refractivity contribution is 5.00. The Hall–Kier alpha value is -0.860. The van der Waals surface area contributed by atoms with Crippen molar-refractivity contribution in [2.45, 2.75) is 51.2 Å². The predicted octanol–water partition coefficient (Wildman–Crippen LogP) is 2.86. The fourth-order valence-electron chi connectivity index (χ4n) is 2.19. The first-order chi connectivity index (χ1) is 6.68. The largest absolute Gasteiger partial charge is 0.269 e. The van der Waals surface area contributed by atoms with E-state index in [1.165, 1.54) is 6.42 Å². The van der Waals surface area contributed by atoms with E-state index in [-0.39, 0.29) is 0 Å². The van der Waals surface area contributed by atoms with Gasteiger partial charge in [-0.15, -0.1) is 0 Å². The maximum Gasteiger partial charge on any atom is 0.130 e. The summed E-state index contributed by atoms with van der Waals surface area (Å²) in [5.74, 6) is 0. The number of aromatic nitrogens is 2. The van der Waals surface area contributed by atoms with Gasteiger partial charge in [0.2, 0.25) is 0 Å². The molecule has 0 saturated heterocycles. The molecule has 2 nitrogen and oxygen atoms in total. The lowest BCUT2D eigenvalue weighted by molar-refractivity contribution is 0.0815. The molecule has 1 aromatic rings. The standard InChI is InChI=1S/C11H17FN2/c1-10-7-13-14(8-10)9-11(12)5-3-2-4-6-11/h7-8H,2-6,9H2,1H3. The van der Waals surface area contributed by atoms with E-state index in [4.69, 9.17) is 0 Å². The van der Waals surface area contributed by atoms with Gasteiger partial charge in [-0.2, -0.15) is 5.10 Å². The third-order valence-electron chi connectivity index (χ3n) is 2.96. The van der Waals surface area contributed by atoms with E-state index in [9.17, 15) is 4.39 Å². The van der Waals surface area contributed by atoms with Gasteiger partial charge in [0.05, 0.1) is 12.7 Å². The molecule has 0 bridgehead atoms. The lowest BCUT2D eigenvalue weighted by Gasteiger charge is -2.29. The van der Waals surface area contributed by atoms with Crippen molar-refractivity contribution >= 4 is 0 Å². The van der Waals surface area contributed by atoms with Crippen molar-refractivity contribution < 1.29 is 4.39 Å². The van der Waals surface area contributed by atoms with Gasteiger partial charge >= 0.3 is 0 Å². The molecule has 1 aliphatic rings. The van der Waals surface area contributed by atoms with Crippen LogP contribution in [0.3, 0.4) is 0 Å². The summed E-state index contributed by atoms with van der Waals surface area (Å²) in [4.78, 5) is 0. The van der Waals surface area contributed by atoms with E-state index in [2.05, 4.69) is 5.10 Å². The van der Waals surface area contributed by atoms with Crippen molar-refractivity contribution in [1.82, 2.24) is 9.78 Å². The van der Waals surface area contributed by atoms with Crippen LogP contribution in [0, 0.1) is 6.92 Å². The van der Waals surface area contributed by atoms with Crippen LogP contribution in [-0.2, 0) is 6.54 Å². The minimum absolute atomic E-state index is 0.431. The Balaban J connectivity index is 2.01. The van der Waals surface area contributed by atoms with E-state index >= 15 is 0 Å². The van der Waals surface area contributed by atoms with Crippen molar-refractivity contribution in [3.8, 4) is 0 Å². The van der Waals surface area contributed by atoms with Gasteiger partial charge < -0.3 is 0 Å². The smallest absolute Gasteiger partial charge is 0.130 e. The molecule has 0 atom stereocenters. The SMILES string of the molecule is Cc1cnn(CC2(F)CCCCC2)c1. The summed E-state index contributed by atoms with van der Waals surface area (Å²) in [5.41, 5.74) is 0.0980. The number of aryl methyl sites for hydroxylation is 1. The zero-order valence-corrected chi connectivity index (χ0v) is 8.67. The third kappa shape index (κ3) is 2.14. The summed E-state index contributed by atoms with van der Waals surface area (Å²) in [6.45, 7) is 2.41. The monoisotopic (exact) mass is 196 g/mol. The molecule has 14 heavy (non-hydrogen) atoms. The quantitative estimate of drug-likeness (QED) is 0.711. The molecule has 0 aliphatic heterocycles. The predicted molar refractivity (Wildman–Crippen MR) is 53.9 cm³/mol. The summed E-state index contributed by atoms with van der Waals surface area (Å²) in [5, 5.41) is 4.13. The molecular formula is C11H17FN2. The Morgan fingerprint density at radius 1 is 1.43 bits per heavy atom. The summed E-state index contributed by atoms with van der Waals surface area (Å²) < 4.78 is 15.9. The minimum Gasteiger partial charge on any atom is -0.269 e. The molecule has 1 heterocycles. The molecule has 0 N–H and O–H groups in total. The Morgan fingerprint density at radius 3 is 2.71 bits per heavy atom. The van der Waals surface area contributed by atoms with Crippen LogP contribution in [0.4, 0.5) is 4.39 Å². The van der Waals surface area contributed by atoms with Crippen LogP contribution < -0.4 is 0 Å². The molecular weight excluding hydrogens is 179 g/mol. The fraction of sp³-hybridized carbons (Fsp3) is 0.727. The van der Waals surface area contributed by atoms with Gasteiger partial charge in [0.15, 0.2) is 0 Å². The molecule has 0 spiro atoms. The molecule has 0 radical (unpaired) electrons. The number of nitrogens with zero attached hydrogens (tertiary/aromatic N) is 2. The van der Waals surface area contributed by atoms with E-state index < -0.39 is 5.67 Å². The van der Waals surface area contributed by atoms with Crippen LogP contribution in [0.25, 0.3) is 0 Å². The molecule has 1 aromatic heterocycles. The van der Waals surface area contributed by atoms with Crippen LogP contribution in [0.2, 0.25) is 0 Å². The van der Waals surface area contributed by atoms with Crippen LogP contribution in [0.5, 0.6) is 0 Å². The summed E-state index contributed by atoms with van der Waals surface area (Å²) >= 11 is 0. The number of alkyl halides is 1. The van der Waals surface area contributed by atoms with E-state index in [0.717, 1.165) is 18.4 Å². The second-order valence-corrected chi connectivity index (χ2v) is 4.43. The first-order valence-corrected chi connectivity index (χ1v) is 5.36. The molecule has 0 amide bonds. The topological polar surface area (TPSA) is 17.8 Å². The van der Waals surface area contributed by atoms with Gasteiger partial charge in [0, 0.05) is 6.20 Å². The van der Waals surface area contributed by atoms with Crippen molar-refractivity contribution in [2.24, 2.45) is 0 Å². The normalized spacial score (nSPS) is 21.0. The summed E-state index contributed by atoms with van der Waals surface area (Å²) in [7, 11) is 0. The molecule has 0 unspecified atom stereocenters. The van der Waals surface area contributed by atoms with Crippen LogP contribution >= 0.6 is 0 Å². The van der Waals surface area contributed by atoms with Gasteiger partial charge in [-0.05, 0) is 25.3 Å². The molecule has 1 aliphatic carbocycles. The van der Waals surface area contributed by atoms with Gasteiger partial charge in [-0.1, -0.05) is 19.3 Å². The summed E-state index contributed by atoms with van der Waals surface area (Å²) in [6.07, 6.45) is 8.33. The lowest BCUT2D eigenvalue weighted by atomic mass is 9.86. The molecule has 1 fully saturated rings. The van der Waals surface area contributed by atoms with Crippen molar-refractivity contribution in [3.05, 3.63) is 18.0 Å². The van der Waals surface area contributed by atoms with Crippen LogP contribution in [0.15, 0.2) is 12.4 Å². The average molecular weight is 196 g/mol. The zero-order valence-electron chi connectivity index (χ0n) is 8.67. The second kappa shape index (κ2) is 3.71. The summed E-state index contributed by atoms with van der Waals surface area (Å²) in [6, 6.07) is 0. The number of rotatable bonds is 2. The Labute approximate surface area is 84.1 Å². The highest BCUT2D eigenvalue weighted by Gasteiger charge is 2.32. The fourth-order valence-corrected chi connectivity index (χ4v) is 2.19. The molecule has 78 valence electrons. The highest BCUT2D eigenvalue weighted by Crippen LogP contribution is 2.32. The molecule has 3 heteroatoms. The number of hydrogen-bond acceptors (Lipinski definition) is 1. The molecule has 0 aromatic carbocycles. The Kier molecular flexibility index (Phi) is 2.57. The van der Waals surface area contributed by atoms with Crippen molar-refractivity contribution in [3.63, 3.8) is 0 Å². The van der Waals surface area contributed by atoms with Crippen LogP contribution in [-0.4, -0.2) is 15.4 Å². The second-order valence-electron chi connectivity index (χ2n) is 4.43. The third-order valence-corrected chi connectivity index (χ3v) is 2.96.